The lowest BCUT2D eigenvalue weighted by molar-refractivity contribution is -0.141. The molecule has 1 unspecified atom stereocenters. The maximum absolute atomic E-state index is 12.3. The van der Waals surface area contributed by atoms with Gasteiger partial charge in [-0.15, -0.1) is 0 Å². The topological polar surface area (TPSA) is 112 Å². The molecule has 3 N–H and O–H groups in total. The number of hydrogen-bond acceptors (Lipinski definition) is 4. The second-order valence-electron chi connectivity index (χ2n) is 5.57. The van der Waals surface area contributed by atoms with E-state index in [9.17, 15) is 19.5 Å². The zero-order valence-electron chi connectivity index (χ0n) is 13.5. The lowest BCUT2D eigenvalue weighted by Crippen LogP contribution is -2.37. The van der Waals surface area contributed by atoms with Crippen molar-refractivity contribution in [2.45, 2.75) is 20.3 Å². The third-order valence-electron chi connectivity index (χ3n) is 3.88. The molecule has 0 radical (unpaired) electrons. The van der Waals surface area contributed by atoms with E-state index in [1.807, 2.05) is 30.3 Å². The van der Waals surface area contributed by atoms with Gasteiger partial charge in [-0.05, 0) is 31.4 Å². The van der Waals surface area contributed by atoms with Crippen LogP contribution in [0.25, 0.3) is 0 Å². The van der Waals surface area contributed by atoms with E-state index in [0.29, 0.717) is 17.7 Å². The molecule has 0 aliphatic heterocycles. The van der Waals surface area contributed by atoms with E-state index in [1.165, 1.54) is 0 Å². The average molecular weight is 329 g/mol. The van der Waals surface area contributed by atoms with E-state index >= 15 is 0 Å². The number of benzene rings is 1. The minimum Gasteiger partial charge on any atom is -0.481 e. The fourth-order valence-electron chi connectivity index (χ4n) is 2.35. The Hall–Kier alpha value is -2.96. The summed E-state index contributed by atoms with van der Waals surface area (Å²) in [6, 6.07) is 9.17. The van der Waals surface area contributed by atoms with E-state index in [2.05, 4.69) is 15.5 Å². The highest BCUT2D eigenvalue weighted by Crippen LogP contribution is 2.09. The SMILES string of the molecule is Cc1n[nH]c(=O)c(C(=O)NCC(Cc2ccccc2)C(=O)O)c1C. The number of H-pyrrole nitrogens is 1. The lowest BCUT2D eigenvalue weighted by atomic mass is 9.99. The predicted octanol–water partition coefficient (Wildman–Crippen LogP) is 1.06. The first-order valence-corrected chi connectivity index (χ1v) is 7.51. The van der Waals surface area contributed by atoms with Crippen LogP contribution in [0.5, 0.6) is 0 Å². The van der Waals surface area contributed by atoms with Crippen LogP contribution >= 0.6 is 0 Å². The van der Waals surface area contributed by atoms with Crippen molar-refractivity contribution in [3.63, 3.8) is 0 Å². The van der Waals surface area contributed by atoms with Crippen LogP contribution in [0.4, 0.5) is 0 Å². The Labute approximate surface area is 138 Å². The van der Waals surface area contributed by atoms with Gasteiger partial charge in [0.25, 0.3) is 11.5 Å². The summed E-state index contributed by atoms with van der Waals surface area (Å²) >= 11 is 0. The van der Waals surface area contributed by atoms with Crippen molar-refractivity contribution in [1.82, 2.24) is 15.5 Å². The number of hydrogen-bond donors (Lipinski definition) is 3. The fraction of sp³-hybridized carbons (Fsp3) is 0.294. The standard InChI is InChI=1S/C17H19N3O4/c1-10-11(2)19-20-16(22)14(10)15(21)18-9-13(17(23)24)8-12-6-4-3-5-7-12/h3-7,13H,8-9H2,1-2H3,(H,18,21)(H,20,22)(H,23,24). The Morgan fingerprint density at radius 1 is 1.25 bits per heavy atom. The van der Waals surface area contributed by atoms with Crippen LogP contribution in [0, 0.1) is 19.8 Å². The summed E-state index contributed by atoms with van der Waals surface area (Å²) in [6.07, 6.45) is 0.293. The maximum Gasteiger partial charge on any atom is 0.308 e. The van der Waals surface area contributed by atoms with E-state index in [-0.39, 0.29) is 12.1 Å². The number of carbonyl (C=O) groups excluding carboxylic acids is 1. The van der Waals surface area contributed by atoms with Crippen LogP contribution in [-0.4, -0.2) is 33.7 Å². The quantitative estimate of drug-likeness (QED) is 0.733. The zero-order valence-corrected chi connectivity index (χ0v) is 13.5. The normalized spacial score (nSPS) is 11.8. The second-order valence-corrected chi connectivity index (χ2v) is 5.57. The van der Waals surface area contributed by atoms with Gasteiger partial charge >= 0.3 is 5.97 Å². The Balaban J connectivity index is 2.10. The molecule has 2 rings (SSSR count). The highest BCUT2D eigenvalue weighted by Gasteiger charge is 2.21. The van der Waals surface area contributed by atoms with Crippen molar-refractivity contribution in [2.24, 2.45) is 5.92 Å². The van der Waals surface area contributed by atoms with Gasteiger partial charge < -0.3 is 10.4 Å². The lowest BCUT2D eigenvalue weighted by Gasteiger charge is -2.14. The molecule has 0 saturated heterocycles. The maximum atomic E-state index is 12.3. The first kappa shape index (κ1) is 17.4. The molecule has 0 saturated carbocycles. The molecular formula is C17H19N3O4. The van der Waals surface area contributed by atoms with Gasteiger partial charge in [0.05, 0.1) is 11.6 Å². The van der Waals surface area contributed by atoms with Crippen molar-refractivity contribution in [3.8, 4) is 0 Å². The molecule has 1 aromatic heterocycles. The summed E-state index contributed by atoms with van der Waals surface area (Å²) in [5.74, 6) is -2.38. The molecule has 1 aromatic carbocycles. The molecule has 1 heterocycles. The van der Waals surface area contributed by atoms with Gasteiger partial charge in [0, 0.05) is 6.54 Å². The number of aromatic nitrogens is 2. The Morgan fingerprint density at radius 2 is 1.92 bits per heavy atom. The van der Waals surface area contributed by atoms with Crippen molar-refractivity contribution >= 4 is 11.9 Å². The van der Waals surface area contributed by atoms with E-state index in [1.54, 1.807) is 13.8 Å². The summed E-state index contributed by atoms with van der Waals surface area (Å²) < 4.78 is 0. The average Bonchev–Trinajstić information content (AvgIpc) is 2.56. The number of aryl methyl sites for hydroxylation is 1. The van der Waals surface area contributed by atoms with Crippen molar-refractivity contribution < 1.29 is 14.7 Å². The number of carboxylic acids is 1. The van der Waals surface area contributed by atoms with Crippen LogP contribution < -0.4 is 10.9 Å². The van der Waals surface area contributed by atoms with Gasteiger partial charge in [0.2, 0.25) is 0 Å². The summed E-state index contributed by atoms with van der Waals surface area (Å²) in [5, 5.41) is 17.9. The summed E-state index contributed by atoms with van der Waals surface area (Å²) in [5.41, 5.74) is 1.26. The third kappa shape index (κ3) is 4.07. The first-order valence-electron chi connectivity index (χ1n) is 7.51. The van der Waals surface area contributed by atoms with Gasteiger partial charge in [-0.2, -0.15) is 5.10 Å². The van der Waals surface area contributed by atoms with Gasteiger partial charge in [0.1, 0.15) is 5.56 Å². The van der Waals surface area contributed by atoms with Crippen LogP contribution in [0.15, 0.2) is 35.1 Å². The number of nitrogens with zero attached hydrogens (tertiary/aromatic N) is 1. The predicted molar refractivity (Wildman–Crippen MR) is 87.9 cm³/mol. The Kier molecular flexibility index (Phi) is 5.47. The molecule has 0 spiro atoms. The number of aliphatic carboxylic acids is 1. The number of nitrogens with one attached hydrogen (secondary N) is 2. The second kappa shape index (κ2) is 7.54. The van der Waals surface area contributed by atoms with Crippen molar-refractivity contribution in [2.75, 3.05) is 6.54 Å². The summed E-state index contributed by atoms with van der Waals surface area (Å²) in [7, 11) is 0. The van der Waals surface area contributed by atoms with Crippen LogP contribution in [-0.2, 0) is 11.2 Å². The number of carbonyl (C=O) groups is 2. The minimum absolute atomic E-state index is 0.0358. The van der Waals surface area contributed by atoms with Crippen LogP contribution in [0.2, 0.25) is 0 Å². The number of carboxylic acid groups (broad SMARTS) is 1. The molecular weight excluding hydrogens is 310 g/mol. The monoisotopic (exact) mass is 329 g/mol. The smallest absolute Gasteiger partial charge is 0.308 e. The molecule has 1 atom stereocenters. The van der Waals surface area contributed by atoms with Crippen LogP contribution in [0.1, 0.15) is 27.2 Å². The first-order chi connectivity index (χ1) is 11.4. The number of amides is 1. The number of aromatic amines is 1. The third-order valence-corrected chi connectivity index (χ3v) is 3.88. The highest BCUT2D eigenvalue weighted by molar-refractivity contribution is 5.95. The molecule has 7 heteroatoms. The summed E-state index contributed by atoms with van der Waals surface area (Å²) in [4.78, 5) is 35.5. The summed E-state index contributed by atoms with van der Waals surface area (Å²) in [6.45, 7) is 3.24. The molecule has 0 aliphatic rings. The Morgan fingerprint density at radius 3 is 2.54 bits per heavy atom. The Bertz CT molecular complexity index is 799. The molecule has 0 aliphatic carbocycles. The minimum atomic E-state index is -1.00. The van der Waals surface area contributed by atoms with E-state index in [4.69, 9.17) is 0 Å². The van der Waals surface area contributed by atoms with E-state index < -0.39 is 23.4 Å². The van der Waals surface area contributed by atoms with Gasteiger partial charge in [-0.25, -0.2) is 5.10 Å². The molecule has 0 fully saturated rings. The number of rotatable bonds is 6. The van der Waals surface area contributed by atoms with Gasteiger partial charge in [0.15, 0.2) is 0 Å². The molecule has 7 nitrogen and oxygen atoms in total. The molecule has 0 bridgehead atoms. The molecule has 126 valence electrons. The molecule has 24 heavy (non-hydrogen) atoms. The fourth-order valence-corrected chi connectivity index (χ4v) is 2.35. The molecule has 1 amide bonds. The van der Waals surface area contributed by atoms with Crippen molar-refractivity contribution in [1.29, 1.82) is 0 Å². The van der Waals surface area contributed by atoms with Gasteiger partial charge in [-0.1, -0.05) is 30.3 Å². The van der Waals surface area contributed by atoms with Crippen molar-refractivity contribution in [3.05, 3.63) is 63.1 Å². The van der Waals surface area contributed by atoms with Gasteiger partial charge in [-0.3, -0.25) is 14.4 Å². The largest absolute Gasteiger partial charge is 0.481 e. The van der Waals surface area contributed by atoms with Crippen LogP contribution in [0.3, 0.4) is 0 Å². The molecule has 2 aromatic rings. The highest BCUT2D eigenvalue weighted by atomic mass is 16.4. The van der Waals surface area contributed by atoms with E-state index in [0.717, 1.165) is 5.56 Å². The zero-order chi connectivity index (χ0) is 17.7.